The molecule has 4 rings (SSSR count). The van der Waals surface area contributed by atoms with Gasteiger partial charge in [0.25, 0.3) is 5.91 Å². The van der Waals surface area contributed by atoms with E-state index in [-0.39, 0.29) is 11.5 Å². The number of hydrogen-bond acceptors (Lipinski definition) is 4. The monoisotopic (exact) mass is 418 g/mol. The first kappa shape index (κ1) is 20.2. The van der Waals surface area contributed by atoms with Crippen molar-refractivity contribution in [2.45, 2.75) is 12.7 Å². The molecule has 2 aromatic carbocycles. The molecule has 1 aliphatic rings. The van der Waals surface area contributed by atoms with Crippen LogP contribution in [0.5, 0.6) is 5.75 Å². The van der Waals surface area contributed by atoms with Gasteiger partial charge >= 0.3 is 6.18 Å². The Balaban J connectivity index is 1.37. The van der Waals surface area contributed by atoms with Crippen LogP contribution in [0.1, 0.15) is 21.7 Å². The summed E-state index contributed by atoms with van der Waals surface area (Å²) in [5.74, 6) is 1.19. The van der Waals surface area contributed by atoms with Gasteiger partial charge in [0, 0.05) is 37.8 Å². The summed E-state index contributed by atoms with van der Waals surface area (Å²) in [6, 6.07) is 10.2. The van der Waals surface area contributed by atoms with Gasteiger partial charge in [-0.15, -0.1) is 0 Å². The first-order valence-corrected chi connectivity index (χ1v) is 9.55. The van der Waals surface area contributed by atoms with Crippen LogP contribution in [0.2, 0.25) is 0 Å². The molecule has 0 radical (unpaired) electrons. The van der Waals surface area contributed by atoms with E-state index in [1.165, 1.54) is 12.1 Å². The summed E-state index contributed by atoms with van der Waals surface area (Å²) in [5, 5.41) is 0. The van der Waals surface area contributed by atoms with Crippen molar-refractivity contribution in [3.63, 3.8) is 0 Å². The molecule has 3 aromatic rings. The number of carbonyl (C=O) groups is 1. The molecule has 1 saturated heterocycles. The van der Waals surface area contributed by atoms with Crippen molar-refractivity contribution in [2.75, 3.05) is 33.3 Å². The fourth-order valence-corrected chi connectivity index (χ4v) is 3.58. The molecule has 9 heteroatoms. The lowest BCUT2D eigenvalue weighted by molar-refractivity contribution is -0.137. The number of piperazine rings is 1. The van der Waals surface area contributed by atoms with E-state index in [2.05, 4.69) is 14.9 Å². The van der Waals surface area contributed by atoms with Gasteiger partial charge in [-0.2, -0.15) is 13.2 Å². The van der Waals surface area contributed by atoms with Crippen molar-refractivity contribution < 1.29 is 22.7 Å². The van der Waals surface area contributed by atoms with Crippen molar-refractivity contribution in [1.29, 1.82) is 0 Å². The maximum atomic E-state index is 12.9. The molecular weight excluding hydrogens is 397 g/mol. The van der Waals surface area contributed by atoms with Crippen LogP contribution in [0.25, 0.3) is 11.0 Å². The Morgan fingerprint density at radius 3 is 2.60 bits per heavy atom. The SMILES string of the molecule is COc1ccc2nc(CN3CCN(C(=O)c4cccc(C(F)(F)F)c4)CC3)[nH]c2c1. The van der Waals surface area contributed by atoms with E-state index in [1.807, 2.05) is 18.2 Å². The van der Waals surface area contributed by atoms with E-state index in [0.717, 1.165) is 34.7 Å². The number of methoxy groups -OCH3 is 1. The lowest BCUT2D eigenvalue weighted by Gasteiger charge is -2.34. The zero-order valence-corrected chi connectivity index (χ0v) is 16.4. The number of rotatable bonds is 4. The topological polar surface area (TPSA) is 61.5 Å². The molecule has 6 nitrogen and oxygen atoms in total. The molecule has 1 N–H and O–H groups in total. The summed E-state index contributed by atoms with van der Waals surface area (Å²) in [6.07, 6.45) is -4.47. The highest BCUT2D eigenvalue weighted by Crippen LogP contribution is 2.30. The molecule has 0 spiro atoms. The Kier molecular flexibility index (Phi) is 5.38. The van der Waals surface area contributed by atoms with Gasteiger partial charge in [-0.25, -0.2) is 4.98 Å². The predicted molar refractivity (Wildman–Crippen MR) is 105 cm³/mol. The fraction of sp³-hybridized carbons (Fsp3) is 0.333. The normalized spacial score (nSPS) is 15.5. The highest BCUT2D eigenvalue weighted by molar-refractivity contribution is 5.94. The number of amides is 1. The van der Waals surface area contributed by atoms with E-state index in [9.17, 15) is 18.0 Å². The summed E-state index contributed by atoms with van der Waals surface area (Å²) in [7, 11) is 1.61. The van der Waals surface area contributed by atoms with Crippen LogP contribution >= 0.6 is 0 Å². The number of halogens is 3. The van der Waals surface area contributed by atoms with E-state index >= 15 is 0 Å². The Bertz CT molecular complexity index is 1060. The maximum Gasteiger partial charge on any atom is 0.416 e. The number of nitrogens with one attached hydrogen (secondary N) is 1. The third-order valence-corrected chi connectivity index (χ3v) is 5.21. The Hall–Kier alpha value is -3.07. The van der Waals surface area contributed by atoms with Crippen LogP contribution in [0.15, 0.2) is 42.5 Å². The predicted octanol–water partition coefficient (Wildman–Crippen LogP) is 3.55. The number of H-pyrrole nitrogens is 1. The average molecular weight is 418 g/mol. The molecule has 0 unspecified atom stereocenters. The number of imidazole rings is 1. The van der Waals surface area contributed by atoms with Crippen molar-refractivity contribution in [1.82, 2.24) is 19.8 Å². The molecule has 0 bridgehead atoms. The first-order chi connectivity index (χ1) is 14.3. The number of nitrogens with zero attached hydrogens (tertiary/aromatic N) is 3. The standard InChI is InChI=1S/C21H21F3N4O2/c1-30-16-5-6-17-18(12-16)26-19(25-17)13-27-7-9-28(10-8-27)20(29)14-3-2-4-15(11-14)21(22,23)24/h2-6,11-12H,7-10,13H2,1H3,(H,25,26). The molecule has 158 valence electrons. The second-order valence-corrected chi connectivity index (χ2v) is 7.21. The van der Waals surface area contributed by atoms with Gasteiger partial charge in [0.2, 0.25) is 0 Å². The molecule has 1 aromatic heterocycles. The lowest BCUT2D eigenvalue weighted by Crippen LogP contribution is -2.48. The summed E-state index contributed by atoms with van der Waals surface area (Å²) in [4.78, 5) is 24.2. The van der Waals surface area contributed by atoms with E-state index < -0.39 is 11.7 Å². The molecule has 0 atom stereocenters. The Labute approximate surface area is 171 Å². The smallest absolute Gasteiger partial charge is 0.416 e. The number of benzene rings is 2. The third kappa shape index (κ3) is 4.25. The van der Waals surface area contributed by atoms with Crippen LogP contribution in [0, 0.1) is 0 Å². The van der Waals surface area contributed by atoms with Gasteiger partial charge in [0.05, 0.1) is 30.3 Å². The second-order valence-electron chi connectivity index (χ2n) is 7.21. The van der Waals surface area contributed by atoms with E-state index in [4.69, 9.17) is 4.74 Å². The second kappa shape index (κ2) is 7.98. The minimum Gasteiger partial charge on any atom is -0.497 e. The number of fused-ring (bicyclic) bond motifs is 1. The van der Waals surface area contributed by atoms with Gasteiger partial charge in [-0.05, 0) is 30.3 Å². The number of ether oxygens (including phenoxy) is 1. The van der Waals surface area contributed by atoms with Crippen molar-refractivity contribution in [2.24, 2.45) is 0 Å². The summed E-state index contributed by atoms with van der Waals surface area (Å²) in [6.45, 7) is 2.73. The van der Waals surface area contributed by atoms with Gasteiger partial charge < -0.3 is 14.6 Å². The number of carbonyl (C=O) groups excluding carboxylic acids is 1. The molecule has 0 aliphatic carbocycles. The van der Waals surface area contributed by atoms with Crippen molar-refractivity contribution >= 4 is 16.9 Å². The maximum absolute atomic E-state index is 12.9. The molecule has 1 amide bonds. The van der Waals surface area contributed by atoms with Crippen molar-refractivity contribution in [3.8, 4) is 5.75 Å². The highest BCUT2D eigenvalue weighted by atomic mass is 19.4. The van der Waals surface area contributed by atoms with Crippen LogP contribution < -0.4 is 4.74 Å². The van der Waals surface area contributed by atoms with Crippen molar-refractivity contribution in [3.05, 3.63) is 59.4 Å². The molecule has 0 saturated carbocycles. The minimum absolute atomic E-state index is 0.0597. The van der Waals surface area contributed by atoms with Crippen LogP contribution in [0.3, 0.4) is 0 Å². The van der Waals surface area contributed by atoms with Gasteiger partial charge in [0.1, 0.15) is 11.6 Å². The zero-order chi connectivity index (χ0) is 21.3. The lowest BCUT2D eigenvalue weighted by atomic mass is 10.1. The van der Waals surface area contributed by atoms with Gasteiger partial charge in [-0.1, -0.05) is 6.07 Å². The van der Waals surface area contributed by atoms with Crippen LogP contribution in [0.4, 0.5) is 13.2 Å². The van der Waals surface area contributed by atoms with Crippen LogP contribution in [-0.4, -0.2) is 59.0 Å². The fourth-order valence-electron chi connectivity index (χ4n) is 3.58. The quantitative estimate of drug-likeness (QED) is 0.704. The number of hydrogen-bond donors (Lipinski definition) is 1. The molecular formula is C21H21F3N4O2. The zero-order valence-electron chi connectivity index (χ0n) is 16.4. The number of alkyl halides is 3. The molecule has 2 heterocycles. The molecule has 30 heavy (non-hydrogen) atoms. The van der Waals surface area contributed by atoms with Gasteiger partial charge in [0.15, 0.2) is 0 Å². The molecule has 1 fully saturated rings. The third-order valence-electron chi connectivity index (χ3n) is 5.21. The van der Waals surface area contributed by atoms with Gasteiger partial charge in [-0.3, -0.25) is 9.69 Å². The van der Waals surface area contributed by atoms with E-state index in [0.29, 0.717) is 32.7 Å². The number of aromatic nitrogens is 2. The summed E-state index contributed by atoms with van der Waals surface area (Å²) >= 11 is 0. The summed E-state index contributed by atoms with van der Waals surface area (Å²) < 4.78 is 43.9. The first-order valence-electron chi connectivity index (χ1n) is 9.55. The van der Waals surface area contributed by atoms with E-state index in [1.54, 1.807) is 12.0 Å². The largest absolute Gasteiger partial charge is 0.497 e. The van der Waals surface area contributed by atoms with Crippen LogP contribution in [-0.2, 0) is 12.7 Å². The Morgan fingerprint density at radius 1 is 1.13 bits per heavy atom. The highest BCUT2D eigenvalue weighted by Gasteiger charge is 2.31. The minimum atomic E-state index is -4.47. The Morgan fingerprint density at radius 2 is 1.90 bits per heavy atom. The summed E-state index contributed by atoms with van der Waals surface area (Å²) in [5.41, 5.74) is 0.991. The molecule has 1 aliphatic heterocycles. The average Bonchev–Trinajstić information content (AvgIpc) is 3.14. The number of aromatic amines is 1.